The van der Waals surface area contributed by atoms with Crippen molar-refractivity contribution in [1.29, 1.82) is 5.41 Å². The summed E-state index contributed by atoms with van der Waals surface area (Å²) in [6.45, 7) is 0. The maximum Gasteiger partial charge on any atom is 0.416 e. The second-order valence-corrected chi connectivity index (χ2v) is 3.70. The van der Waals surface area contributed by atoms with E-state index < -0.39 is 35.3 Å². The molecule has 0 aliphatic carbocycles. The Hall–Kier alpha value is -3.02. The predicted molar refractivity (Wildman–Crippen MR) is 65.7 cm³/mol. The van der Waals surface area contributed by atoms with Crippen molar-refractivity contribution in [3.8, 4) is 12.3 Å². The van der Waals surface area contributed by atoms with Crippen LogP contribution in [-0.2, 0) is 6.18 Å². The molecule has 0 saturated carbocycles. The van der Waals surface area contributed by atoms with Gasteiger partial charge in [-0.1, -0.05) is 5.92 Å². The number of rotatable bonds is 1. The van der Waals surface area contributed by atoms with Gasteiger partial charge in [0.1, 0.15) is 0 Å². The van der Waals surface area contributed by atoms with Crippen LogP contribution in [0.3, 0.4) is 0 Å². The second-order valence-electron chi connectivity index (χ2n) is 3.70. The summed E-state index contributed by atoms with van der Waals surface area (Å²) >= 11 is 0. The van der Waals surface area contributed by atoms with Gasteiger partial charge in [-0.25, -0.2) is 4.79 Å². The molecular weight excluding hydrogens is 291 g/mol. The first kappa shape index (κ1) is 16.0. The Bertz CT molecular complexity index is 647. The molecule has 0 saturated heterocycles. The number of carboxylic acid groups (broad SMARTS) is 1. The van der Waals surface area contributed by atoms with Crippen molar-refractivity contribution in [2.24, 2.45) is 0 Å². The van der Waals surface area contributed by atoms with E-state index in [4.69, 9.17) is 16.9 Å². The fourth-order valence-electron chi connectivity index (χ4n) is 1.33. The van der Waals surface area contributed by atoms with Crippen molar-refractivity contribution in [3.63, 3.8) is 0 Å². The molecule has 6 nitrogen and oxygen atoms in total. The predicted octanol–water partition coefficient (Wildman–Crippen LogP) is 1.62. The largest absolute Gasteiger partial charge is 0.465 e. The van der Waals surface area contributed by atoms with Gasteiger partial charge in [0.15, 0.2) is 0 Å². The van der Waals surface area contributed by atoms with Gasteiger partial charge in [-0.05, 0) is 18.2 Å². The lowest BCUT2D eigenvalue weighted by Crippen LogP contribution is -2.42. The van der Waals surface area contributed by atoms with Crippen LogP contribution in [0.15, 0.2) is 18.2 Å². The third kappa shape index (κ3) is 4.54. The first-order valence-corrected chi connectivity index (χ1v) is 5.22. The van der Waals surface area contributed by atoms with Gasteiger partial charge in [0, 0.05) is 11.1 Å². The van der Waals surface area contributed by atoms with Gasteiger partial charge in [-0.3, -0.25) is 20.8 Å². The van der Waals surface area contributed by atoms with E-state index in [1.807, 2.05) is 5.92 Å². The molecular formula is C12H8F3N3O3. The lowest BCUT2D eigenvalue weighted by atomic mass is 10.1. The van der Waals surface area contributed by atoms with E-state index in [0.29, 0.717) is 12.1 Å². The van der Waals surface area contributed by atoms with Gasteiger partial charge in [-0.15, -0.1) is 6.42 Å². The first-order chi connectivity index (χ1) is 9.63. The van der Waals surface area contributed by atoms with Crippen molar-refractivity contribution in [2.75, 3.05) is 0 Å². The number of carbonyl (C=O) groups excluding carboxylic acids is 1. The second kappa shape index (κ2) is 5.96. The van der Waals surface area contributed by atoms with Crippen molar-refractivity contribution < 1.29 is 27.9 Å². The number of hydrogen-bond donors (Lipinski definition) is 4. The number of terminal acetylenes is 1. The number of carbonyl (C=O) groups is 2. The average Bonchev–Trinajstić information content (AvgIpc) is 2.35. The highest BCUT2D eigenvalue weighted by Gasteiger charge is 2.31. The molecule has 1 aromatic rings. The number of benzene rings is 1. The first-order valence-electron chi connectivity index (χ1n) is 5.22. The standard InChI is InChI=1S/C12H8F3N3O3/c1-2-6-3-7(5-8(4-6)12(13,14)15)9(19)17-10(16)18-11(20)21/h1,3-5H,(H,20,21)(H3,16,17,18,19). The van der Waals surface area contributed by atoms with Crippen LogP contribution in [0.25, 0.3) is 0 Å². The third-order valence-electron chi connectivity index (χ3n) is 2.16. The van der Waals surface area contributed by atoms with Crippen LogP contribution in [0.1, 0.15) is 21.5 Å². The van der Waals surface area contributed by atoms with E-state index in [-0.39, 0.29) is 5.56 Å². The zero-order valence-electron chi connectivity index (χ0n) is 10.2. The summed E-state index contributed by atoms with van der Waals surface area (Å²) in [6, 6.07) is 2.25. The molecule has 0 unspecified atom stereocenters. The van der Waals surface area contributed by atoms with Crippen LogP contribution in [0.4, 0.5) is 18.0 Å². The Labute approximate surface area is 116 Å². The van der Waals surface area contributed by atoms with Gasteiger partial charge < -0.3 is 5.11 Å². The number of hydrogen-bond acceptors (Lipinski definition) is 3. The van der Waals surface area contributed by atoms with Gasteiger partial charge in [0.25, 0.3) is 5.91 Å². The molecule has 2 amide bonds. The highest BCUT2D eigenvalue weighted by Crippen LogP contribution is 2.30. The van der Waals surface area contributed by atoms with Crippen LogP contribution >= 0.6 is 0 Å². The smallest absolute Gasteiger partial charge is 0.416 e. The summed E-state index contributed by atoms with van der Waals surface area (Å²) in [4.78, 5) is 21.9. The van der Waals surface area contributed by atoms with E-state index in [9.17, 15) is 22.8 Å². The minimum atomic E-state index is -4.70. The van der Waals surface area contributed by atoms with Crippen molar-refractivity contribution in [3.05, 3.63) is 34.9 Å². The van der Waals surface area contributed by atoms with Crippen LogP contribution in [0, 0.1) is 17.8 Å². The van der Waals surface area contributed by atoms with E-state index in [2.05, 4.69) is 0 Å². The molecule has 1 aromatic carbocycles. The Morgan fingerprint density at radius 1 is 1.24 bits per heavy atom. The van der Waals surface area contributed by atoms with Gasteiger partial charge in [0.05, 0.1) is 5.56 Å². The number of nitrogens with one attached hydrogen (secondary N) is 3. The molecule has 0 bridgehead atoms. The lowest BCUT2D eigenvalue weighted by Gasteiger charge is -2.10. The molecule has 0 heterocycles. The fourth-order valence-corrected chi connectivity index (χ4v) is 1.33. The highest BCUT2D eigenvalue weighted by molar-refractivity contribution is 6.07. The Morgan fingerprint density at radius 3 is 2.33 bits per heavy atom. The molecule has 0 fully saturated rings. The Balaban J connectivity index is 3.07. The zero-order chi connectivity index (χ0) is 16.2. The van der Waals surface area contributed by atoms with Crippen molar-refractivity contribution in [2.45, 2.75) is 6.18 Å². The Kier molecular flexibility index (Phi) is 4.55. The summed E-state index contributed by atoms with van der Waals surface area (Å²) in [7, 11) is 0. The molecule has 21 heavy (non-hydrogen) atoms. The van der Waals surface area contributed by atoms with E-state index in [1.165, 1.54) is 5.32 Å². The summed E-state index contributed by atoms with van der Waals surface area (Å²) < 4.78 is 37.9. The van der Waals surface area contributed by atoms with Gasteiger partial charge in [-0.2, -0.15) is 13.2 Å². The van der Waals surface area contributed by atoms with E-state index >= 15 is 0 Å². The van der Waals surface area contributed by atoms with Crippen molar-refractivity contribution >= 4 is 18.0 Å². The molecule has 1 rings (SSSR count). The number of halogens is 3. The molecule has 0 atom stereocenters. The molecule has 0 aliphatic heterocycles. The zero-order valence-corrected chi connectivity index (χ0v) is 10.2. The highest BCUT2D eigenvalue weighted by atomic mass is 19.4. The summed E-state index contributed by atoms with van der Waals surface area (Å²) in [5, 5.41) is 18.7. The molecule has 110 valence electrons. The molecule has 0 radical (unpaired) electrons. The van der Waals surface area contributed by atoms with Crippen LogP contribution in [0.5, 0.6) is 0 Å². The summed E-state index contributed by atoms with van der Waals surface area (Å²) in [5.74, 6) is -0.0199. The fraction of sp³-hybridized carbons (Fsp3) is 0.0833. The molecule has 0 aromatic heterocycles. The lowest BCUT2D eigenvalue weighted by molar-refractivity contribution is -0.137. The molecule has 9 heteroatoms. The van der Waals surface area contributed by atoms with Crippen LogP contribution in [0.2, 0.25) is 0 Å². The van der Waals surface area contributed by atoms with Crippen LogP contribution < -0.4 is 10.6 Å². The number of amides is 2. The molecule has 4 N–H and O–H groups in total. The monoisotopic (exact) mass is 299 g/mol. The molecule has 0 aliphatic rings. The topological polar surface area (TPSA) is 102 Å². The van der Waals surface area contributed by atoms with Crippen LogP contribution in [-0.4, -0.2) is 23.1 Å². The van der Waals surface area contributed by atoms with Gasteiger partial charge in [0.2, 0.25) is 5.96 Å². The maximum atomic E-state index is 12.6. The normalized spacial score (nSPS) is 10.4. The van der Waals surface area contributed by atoms with Gasteiger partial charge >= 0.3 is 12.3 Å². The average molecular weight is 299 g/mol. The minimum absolute atomic E-state index is 0.173. The minimum Gasteiger partial charge on any atom is -0.465 e. The summed E-state index contributed by atoms with van der Waals surface area (Å²) in [6.07, 6.45) is -1.29. The van der Waals surface area contributed by atoms with E-state index in [0.717, 1.165) is 6.07 Å². The Morgan fingerprint density at radius 2 is 1.86 bits per heavy atom. The number of alkyl halides is 3. The SMILES string of the molecule is C#Cc1cc(C(=O)NC(=N)NC(=O)O)cc(C(F)(F)F)c1. The maximum absolute atomic E-state index is 12.6. The quantitative estimate of drug-likeness (QED) is 0.360. The third-order valence-corrected chi connectivity index (χ3v) is 2.16. The van der Waals surface area contributed by atoms with E-state index in [1.54, 1.807) is 5.32 Å². The number of guanidine groups is 1. The van der Waals surface area contributed by atoms with Crippen molar-refractivity contribution in [1.82, 2.24) is 10.6 Å². The molecule has 0 spiro atoms. The summed E-state index contributed by atoms with van der Waals surface area (Å²) in [5.41, 5.74) is -1.75.